The molecule has 1 saturated heterocycles. The van der Waals surface area contributed by atoms with Crippen molar-refractivity contribution in [1.29, 1.82) is 0 Å². The predicted molar refractivity (Wildman–Crippen MR) is 139 cm³/mol. The van der Waals surface area contributed by atoms with Crippen LogP contribution in [0.3, 0.4) is 0 Å². The smallest absolute Gasteiger partial charge is 0.174 e. The van der Waals surface area contributed by atoms with E-state index in [9.17, 15) is 5.11 Å². The van der Waals surface area contributed by atoms with Crippen molar-refractivity contribution in [2.75, 3.05) is 4.90 Å². The van der Waals surface area contributed by atoms with Gasteiger partial charge in [0.05, 0.1) is 17.4 Å². The van der Waals surface area contributed by atoms with Crippen LogP contribution in [0.2, 0.25) is 0 Å². The van der Waals surface area contributed by atoms with Gasteiger partial charge in [-0.3, -0.25) is 4.98 Å². The molecule has 5 aromatic rings. The maximum absolute atomic E-state index is 10.7. The molecule has 2 atom stereocenters. The van der Waals surface area contributed by atoms with Crippen molar-refractivity contribution < 1.29 is 5.11 Å². The number of hydrogen-bond acceptors (Lipinski definition) is 3. The molecule has 0 radical (unpaired) electrons. The minimum absolute atomic E-state index is 0.183. The molecule has 0 bridgehead atoms. The van der Waals surface area contributed by atoms with Crippen LogP contribution in [0.25, 0.3) is 16.5 Å². The standard InChI is InChI=1S/C28H22N4OS/c33-25-13-4-3-11-23(25)32-27(26(30-28(32)34)22-10-5-6-16-29-22)24-12-7-17-31(24)21-15-14-19-8-1-2-9-20(19)18-21/h1-18,26-27,33H,(H,30,34)/t26-,27-/m0/s1. The van der Waals surface area contributed by atoms with E-state index >= 15 is 0 Å². The third kappa shape index (κ3) is 3.40. The van der Waals surface area contributed by atoms with E-state index in [1.165, 1.54) is 10.8 Å². The third-order valence-corrected chi connectivity index (χ3v) is 6.65. The number of benzene rings is 3. The minimum atomic E-state index is -0.225. The fourth-order valence-corrected chi connectivity index (χ4v) is 5.12. The number of nitrogens with zero attached hydrogens (tertiary/aromatic N) is 3. The Morgan fingerprint density at radius 3 is 2.44 bits per heavy atom. The van der Waals surface area contributed by atoms with E-state index in [1.807, 2.05) is 47.4 Å². The zero-order valence-electron chi connectivity index (χ0n) is 18.2. The first kappa shape index (κ1) is 20.4. The summed E-state index contributed by atoms with van der Waals surface area (Å²) >= 11 is 5.80. The number of rotatable bonds is 4. The summed E-state index contributed by atoms with van der Waals surface area (Å²) in [5, 5.41) is 17.1. The Bertz CT molecular complexity index is 1500. The van der Waals surface area contributed by atoms with Gasteiger partial charge in [0.1, 0.15) is 11.8 Å². The Hall–Kier alpha value is -4.16. The summed E-state index contributed by atoms with van der Waals surface area (Å²) in [7, 11) is 0. The number of aromatic nitrogens is 2. The second-order valence-electron chi connectivity index (χ2n) is 8.32. The van der Waals surface area contributed by atoms with E-state index in [2.05, 4.69) is 69.6 Å². The number of para-hydroxylation sites is 2. The highest BCUT2D eigenvalue weighted by molar-refractivity contribution is 7.80. The maximum Gasteiger partial charge on any atom is 0.174 e. The third-order valence-electron chi connectivity index (χ3n) is 6.33. The highest BCUT2D eigenvalue weighted by Crippen LogP contribution is 2.44. The molecule has 6 rings (SSSR count). The van der Waals surface area contributed by atoms with Gasteiger partial charge in [-0.15, -0.1) is 0 Å². The van der Waals surface area contributed by atoms with Crippen molar-refractivity contribution in [3.05, 3.63) is 121 Å². The van der Waals surface area contributed by atoms with Gasteiger partial charge in [0.15, 0.2) is 5.11 Å². The molecule has 6 heteroatoms. The summed E-state index contributed by atoms with van der Waals surface area (Å²) < 4.78 is 2.19. The van der Waals surface area contributed by atoms with Crippen molar-refractivity contribution in [3.63, 3.8) is 0 Å². The Labute approximate surface area is 202 Å². The van der Waals surface area contributed by atoms with E-state index in [4.69, 9.17) is 12.2 Å². The molecule has 0 amide bonds. The van der Waals surface area contributed by atoms with Gasteiger partial charge in [-0.05, 0) is 71.5 Å². The summed E-state index contributed by atoms with van der Waals surface area (Å²) in [6.45, 7) is 0. The van der Waals surface area contributed by atoms with Crippen LogP contribution < -0.4 is 10.2 Å². The average Bonchev–Trinajstić information content (AvgIpc) is 3.49. The van der Waals surface area contributed by atoms with Gasteiger partial charge in [-0.2, -0.15) is 0 Å². The van der Waals surface area contributed by atoms with Crippen LogP contribution in [-0.2, 0) is 0 Å². The number of hydrogen-bond donors (Lipinski definition) is 2. The highest BCUT2D eigenvalue weighted by atomic mass is 32.1. The van der Waals surface area contributed by atoms with Gasteiger partial charge in [0.2, 0.25) is 0 Å². The first-order chi connectivity index (χ1) is 16.7. The zero-order valence-corrected chi connectivity index (χ0v) is 19.1. The maximum atomic E-state index is 10.7. The molecule has 1 fully saturated rings. The summed E-state index contributed by atoms with van der Waals surface area (Å²) in [5.41, 5.74) is 3.66. The van der Waals surface area contributed by atoms with Gasteiger partial charge >= 0.3 is 0 Å². The molecule has 2 aromatic heterocycles. The first-order valence-electron chi connectivity index (χ1n) is 11.2. The molecule has 0 aliphatic carbocycles. The molecule has 3 heterocycles. The quantitative estimate of drug-likeness (QED) is 0.325. The van der Waals surface area contributed by atoms with Gasteiger partial charge in [0.25, 0.3) is 0 Å². The van der Waals surface area contributed by atoms with Crippen LogP contribution in [-0.4, -0.2) is 19.8 Å². The van der Waals surface area contributed by atoms with Crippen LogP contribution in [0.15, 0.2) is 109 Å². The van der Waals surface area contributed by atoms with Crippen molar-refractivity contribution in [1.82, 2.24) is 14.9 Å². The topological polar surface area (TPSA) is 53.3 Å². The summed E-state index contributed by atoms with van der Waals surface area (Å²) in [6, 6.07) is 31.7. The van der Waals surface area contributed by atoms with E-state index in [0.29, 0.717) is 10.8 Å². The number of thiocarbonyl (C=S) groups is 1. The lowest BCUT2D eigenvalue weighted by atomic mass is 10.0. The Balaban J connectivity index is 1.53. The molecule has 34 heavy (non-hydrogen) atoms. The van der Waals surface area contributed by atoms with Crippen molar-refractivity contribution in [2.45, 2.75) is 12.1 Å². The molecule has 0 unspecified atom stereocenters. The normalized spacial score (nSPS) is 17.8. The molecular weight excluding hydrogens is 440 g/mol. The number of phenols is 1. The van der Waals surface area contributed by atoms with Gasteiger partial charge in [0, 0.05) is 23.8 Å². The number of pyridine rings is 1. The molecule has 0 saturated carbocycles. The van der Waals surface area contributed by atoms with Crippen LogP contribution >= 0.6 is 12.2 Å². The second-order valence-corrected chi connectivity index (χ2v) is 8.71. The molecule has 2 N–H and O–H groups in total. The number of aromatic hydroxyl groups is 1. The van der Waals surface area contributed by atoms with Gasteiger partial charge < -0.3 is 19.9 Å². The number of anilines is 1. The average molecular weight is 463 g/mol. The molecule has 0 spiro atoms. The molecule has 3 aromatic carbocycles. The SMILES string of the molecule is Oc1ccccc1N1C(=S)N[C@@H](c2ccccn2)[C@@H]1c1cccn1-c1ccc2ccccc2c1. The molecule has 5 nitrogen and oxygen atoms in total. The van der Waals surface area contributed by atoms with Gasteiger partial charge in [-0.1, -0.05) is 48.5 Å². The number of phenolic OH excluding ortho intramolecular Hbond substituents is 1. The zero-order chi connectivity index (χ0) is 23.1. The second kappa shape index (κ2) is 8.32. The minimum Gasteiger partial charge on any atom is -0.506 e. The fourth-order valence-electron chi connectivity index (χ4n) is 4.78. The lowest BCUT2D eigenvalue weighted by Crippen LogP contribution is -2.30. The monoisotopic (exact) mass is 462 g/mol. The van der Waals surface area contributed by atoms with Crippen molar-refractivity contribution >= 4 is 33.8 Å². The lowest BCUT2D eigenvalue weighted by Gasteiger charge is -2.29. The van der Waals surface area contributed by atoms with Crippen molar-refractivity contribution in [2.24, 2.45) is 0 Å². The number of fused-ring (bicyclic) bond motifs is 1. The molecule has 1 aliphatic heterocycles. The Kier molecular flexibility index (Phi) is 5.00. The molecule has 166 valence electrons. The van der Waals surface area contributed by atoms with E-state index in [0.717, 1.165) is 17.1 Å². The van der Waals surface area contributed by atoms with E-state index in [1.54, 1.807) is 12.3 Å². The van der Waals surface area contributed by atoms with Crippen LogP contribution in [0.1, 0.15) is 23.5 Å². The van der Waals surface area contributed by atoms with Crippen LogP contribution in [0.5, 0.6) is 5.75 Å². The fraction of sp³-hybridized carbons (Fsp3) is 0.0714. The predicted octanol–water partition coefficient (Wildman–Crippen LogP) is 5.91. The van der Waals surface area contributed by atoms with Gasteiger partial charge in [-0.25, -0.2) is 0 Å². The molecule has 1 aliphatic rings. The number of nitrogens with one attached hydrogen (secondary N) is 1. The Morgan fingerprint density at radius 2 is 1.62 bits per heavy atom. The molecular formula is C28H22N4OS. The van der Waals surface area contributed by atoms with Crippen molar-refractivity contribution in [3.8, 4) is 11.4 Å². The summed E-state index contributed by atoms with van der Waals surface area (Å²) in [5.74, 6) is 0.183. The van der Waals surface area contributed by atoms with Crippen LogP contribution in [0, 0.1) is 0 Å². The highest BCUT2D eigenvalue weighted by Gasteiger charge is 2.42. The largest absolute Gasteiger partial charge is 0.506 e. The van der Waals surface area contributed by atoms with E-state index in [-0.39, 0.29) is 17.8 Å². The Morgan fingerprint density at radius 1 is 0.824 bits per heavy atom. The van der Waals surface area contributed by atoms with Crippen LogP contribution in [0.4, 0.5) is 5.69 Å². The van der Waals surface area contributed by atoms with E-state index < -0.39 is 0 Å². The summed E-state index contributed by atoms with van der Waals surface area (Å²) in [4.78, 5) is 6.63. The summed E-state index contributed by atoms with van der Waals surface area (Å²) in [6.07, 6.45) is 3.86. The lowest BCUT2D eigenvalue weighted by molar-refractivity contribution is 0.472. The first-order valence-corrected chi connectivity index (χ1v) is 11.6.